The molecule has 0 bridgehead atoms. The standard InChI is InChI=1S/C33H23F2N5O3/c1-42-22-10-12-26-19(13-22)14-23(33(39-26)43-21-8-5-18(16-36)6-9-21)30-24(17-37)32(38)40(27-3-2-4-29(41)31(27)30)28-15-20(34)7-11-25(28)35/h5-15,30H,2-4,38H2,1H3. The number of Topliss-reactive ketones (excluding diaryl/α,β-unsaturated/α-hetero) is 1. The molecule has 43 heavy (non-hydrogen) atoms. The Labute approximate surface area is 245 Å². The number of benzene rings is 3. The zero-order valence-electron chi connectivity index (χ0n) is 22.9. The summed E-state index contributed by atoms with van der Waals surface area (Å²) >= 11 is 0. The molecule has 2 aliphatic rings. The number of carbonyl (C=O) groups is 1. The first kappa shape index (κ1) is 27.4. The van der Waals surface area contributed by atoms with Crippen LogP contribution in [-0.4, -0.2) is 17.9 Å². The molecule has 1 aliphatic heterocycles. The van der Waals surface area contributed by atoms with E-state index in [2.05, 4.69) is 12.1 Å². The van der Waals surface area contributed by atoms with Gasteiger partial charge in [0.15, 0.2) is 5.78 Å². The normalized spacial score (nSPS) is 16.5. The number of aromatic nitrogens is 1. The van der Waals surface area contributed by atoms with Crippen LogP contribution in [0, 0.1) is 34.3 Å². The highest BCUT2D eigenvalue weighted by molar-refractivity contribution is 6.01. The van der Waals surface area contributed by atoms with Crippen molar-refractivity contribution in [3.05, 3.63) is 112 Å². The third-order valence-corrected chi connectivity index (χ3v) is 7.59. The van der Waals surface area contributed by atoms with Gasteiger partial charge in [-0.05, 0) is 73.5 Å². The van der Waals surface area contributed by atoms with Gasteiger partial charge in [0, 0.05) is 34.7 Å². The summed E-state index contributed by atoms with van der Waals surface area (Å²) in [6.07, 6.45) is 1.01. The van der Waals surface area contributed by atoms with E-state index in [-0.39, 0.29) is 40.7 Å². The molecule has 0 saturated carbocycles. The minimum Gasteiger partial charge on any atom is -0.497 e. The lowest BCUT2D eigenvalue weighted by atomic mass is 9.75. The minimum absolute atomic E-state index is 0.0358. The van der Waals surface area contributed by atoms with Crippen molar-refractivity contribution in [2.24, 2.45) is 5.73 Å². The molecule has 0 amide bonds. The Hall–Kier alpha value is -5.74. The molecule has 1 aromatic heterocycles. The lowest BCUT2D eigenvalue weighted by molar-refractivity contribution is -0.116. The maximum atomic E-state index is 15.1. The van der Waals surface area contributed by atoms with Crippen LogP contribution < -0.4 is 20.1 Å². The lowest BCUT2D eigenvalue weighted by Gasteiger charge is -2.39. The Bertz CT molecular complexity index is 1950. The van der Waals surface area contributed by atoms with Crippen LogP contribution in [0.2, 0.25) is 0 Å². The monoisotopic (exact) mass is 575 g/mol. The Morgan fingerprint density at radius 1 is 0.977 bits per heavy atom. The van der Waals surface area contributed by atoms with E-state index in [9.17, 15) is 19.7 Å². The number of nitrogens with zero attached hydrogens (tertiary/aromatic N) is 4. The van der Waals surface area contributed by atoms with Gasteiger partial charge >= 0.3 is 0 Å². The summed E-state index contributed by atoms with van der Waals surface area (Å²) in [6, 6.07) is 20.6. The topological polar surface area (TPSA) is 125 Å². The van der Waals surface area contributed by atoms with E-state index in [1.54, 1.807) is 48.5 Å². The van der Waals surface area contributed by atoms with Gasteiger partial charge in [-0.1, -0.05) is 0 Å². The van der Waals surface area contributed by atoms with Crippen molar-refractivity contribution in [2.75, 3.05) is 12.0 Å². The van der Waals surface area contributed by atoms with Crippen LogP contribution in [0.25, 0.3) is 10.9 Å². The van der Waals surface area contributed by atoms with Crippen molar-refractivity contribution in [3.63, 3.8) is 0 Å². The van der Waals surface area contributed by atoms with Crippen molar-refractivity contribution in [1.82, 2.24) is 4.98 Å². The number of nitrogens with two attached hydrogens (primary N) is 1. The Morgan fingerprint density at radius 3 is 2.47 bits per heavy atom. The molecule has 4 aromatic rings. The Kier molecular flexibility index (Phi) is 6.96. The average Bonchev–Trinajstić information content (AvgIpc) is 3.02. The molecule has 1 aliphatic carbocycles. The summed E-state index contributed by atoms with van der Waals surface area (Å²) in [5, 5.41) is 20.3. The van der Waals surface area contributed by atoms with Gasteiger partial charge in [-0.2, -0.15) is 10.5 Å². The third kappa shape index (κ3) is 4.79. The number of allylic oxidation sites excluding steroid dienone is 3. The quantitative estimate of drug-likeness (QED) is 0.286. The van der Waals surface area contributed by atoms with Gasteiger partial charge in [-0.3, -0.25) is 9.69 Å². The molecule has 1 unspecified atom stereocenters. The molecule has 0 spiro atoms. The summed E-state index contributed by atoms with van der Waals surface area (Å²) in [5.74, 6) is -1.76. The van der Waals surface area contributed by atoms with Crippen LogP contribution in [0.3, 0.4) is 0 Å². The molecule has 3 aromatic carbocycles. The van der Waals surface area contributed by atoms with Crippen molar-refractivity contribution < 1.29 is 23.0 Å². The number of fused-ring (bicyclic) bond motifs is 1. The minimum atomic E-state index is -1.00. The average molecular weight is 576 g/mol. The van der Waals surface area contributed by atoms with E-state index in [0.717, 1.165) is 18.2 Å². The van der Waals surface area contributed by atoms with Gasteiger partial charge in [0.05, 0.1) is 47.5 Å². The fraction of sp³-hybridized carbons (Fsp3) is 0.152. The predicted molar refractivity (Wildman–Crippen MR) is 154 cm³/mol. The van der Waals surface area contributed by atoms with E-state index in [4.69, 9.17) is 20.2 Å². The number of methoxy groups -OCH3 is 1. The highest BCUT2D eigenvalue weighted by Gasteiger charge is 2.42. The van der Waals surface area contributed by atoms with Gasteiger partial charge < -0.3 is 15.2 Å². The molecule has 8 nitrogen and oxygen atoms in total. The van der Waals surface area contributed by atoms with Crippen molar-refractivity contribution in [1.29, 1.82) is 10.5 Å². The molecule has 0 saturated heterocycles. The molecule has 1 atom stereocenters. The zero-order chi connectivity index (χ0) is 30.2. The molecule has 0 fully saturated rings. The fourth-order valence-corrected chi connectivity index (χ4v) is 5.61. The number of carbonyl (C=O) groups excluding carboxylic acids is 1. The summed E-state index contributed by atoms with van der Waals surface area (Å²) in [7, 11) is 1.54. The number of anilines is 1. The van der Waals surface area contributed by atoms with Gasteiger partial charge in [0.25, 0.3) is 0 Å². The smallest absolute Gasteiger partial charge is 0.224 e. The molecular formula is C33H23F2N5O3. The molecule has 0 radical (unpaired) electrons. The molecular weight excluding hydrogens is 552 g/mol. The number of ketones is 1. The van der Waals surface area contributed by atoms with Gasteiger partial charge in [-0.25, -0.2) is 13.8 Å². The predicted octanol–water partition coefficient (Wildman–Crippen LogP) is 6.49. The molecule has 212 valence electrons. The zero-order valence-corrected chi connectivity index (χ0v) is 22.9. The van der Waals surface area contributed by atoms with Gasteiger partial charge in [0.2, 0.25) is 5.88 Å². The summed E-state index contributed by atoms with van der Waals surface area (Å²) in [5.41, 5.74) is 8.38. The van der Waals surface area contributed by atoms with Gasteiger partial charge in [-0.15, -0.1) is 0 Å². The Morgan fingerprint density at radius 2 is 1.74 bits per heavy atom. The molecule has 6 rings (SSSR count). The number of halogens is 2. The van der Waals surface area contributed by atoms with E-state index in [0.29, 0.717) is 52.1 Å². The fourth-order valence-electron chi connectivity index (χ4n) is 5.61. The maximum Gasteiger partial charge on any atom is 0.224 e. The molecule has 10 heteroatoms. The molecule has 2 N–H and O–H groups in total. The Balaban J connectivity index is 1.62. The summed E-state index contributed by atoms with van der Waals surface area (Å²) in [4.78, 5) is 19.7. The highest BCUT2D eigenvalue weighted by atomic mass is 19.1. The number of ether oxygens (including phenoxy) is 2. The summed E-state index contributed by atoms with van der Waals surface area (Å²) in [6.45, 7) is 0. The third-order valence-electron chi connectivity index (χ3n) is 7.59. The number of pyridine rings is 1. The van der Waals surface area contributed by atoms with Crippen molar-refractivity contribution in [3.8, 4) is 29.5 Å². The van der Waals surface area contributed by atoms with Crippen LogP contribution in [0.4, 0.5) is 14.5 Å². The van der Waals surface area contributed by atoms with E-state index >= 15 is 4.39 Å². The number of hydrogen-bond acceptors (Lipinski definition) is 8. The largest absolute Gasteiger partial charge is 0.497 e. The van der Waals surface area contributed by atoms with Crippen LogP contribution in [0.1, 0.15) is 36.3 Å². The number of nitriles is 2. The van der Waals surface area contributed by atoms with E-state index in [1.807, 2.05) is 0 Å². The van der Waals surface area contributed by atoms with E-state index < -0.39 is 17.6 Å². The van der Waals surface area contributed by atoms with Crippen LogP contribution >= 0.6 is 0 Å². The first-order chi connectivity index (χ1) is 20.8. The van der Waals surface area contributed by atoms with Crippen LogP contribution in [-0.2, 0) is 4.79 Å². The molecule has 2 heterocycles. The van der Waals surface area contributed by atoms with E-state index in [1.165, 1.54) is 12.0 Å². The van der Waals surface area contributed by atoms with Crippen molar-refractivity contribution >= 4 is 22.4 Å². The summed E-state index contributed by atoms with van der Waals surface area (Å²) < 4.78 is 41.1. The lowest BCUT2D eigenvalue weighted by Crippen LogP contribution is -2.39. The number of rotatable bonds is 5. The first-order valence-corrected chi connectivity index (χ1v) is 13.4. The van der Waals surface area contributed by atoms with Crippen LogP contribution in [0.15, 0.2) is 89.4 Å². The second-order valence-electron chi connectivity index (χ2n) is 10.1. The second kappa shape index (κ2) is 10.9. The second-order valence-corrected chi connectivity index (χ2v) is 10.1. The van der Waals surface area contributed by atoms with Crippen molar-refractivity contribution in [2.45, 2.75) is 25.2 Å². The number of hydrogen-bond donors (Lipinski definition) is 1. The highest BCUT2D eigenvalue weighted by Crippen LogP contribution is 2.49. The first-order valence-electron chi connectivity index (χ1n) is 13.4. The van der Waals surface area contributed by atoms with Crippen LogP contribution in [0.5, 0.6) is 17.4 Å². The van der Waals surface area contributed by atoms with Gasteiger partial charge in [0.1, 0.15) is 29.0 Å². The SMILES string of the molecule is COc1ccc2nc(Oc3ccc(C#N)cc3)c(C3C(C#N)=C(N)N(c4cc(F)ccc4F)C4=C3C(=O)CCC4)cc2c1. The maximum absolute atomic E-state index is 15.1.